The zero-order chi connectivity index (χ0) is 13.9. The molecule has 0 bridgehead atoms. The second kappa shape index (κ2) is 6.20. The van der Waals surface area contributed by atoms with Crippen molar-refractivity contribution in [3.8, 4) is 0 Å². The van der Waals surface area contributed by atoms with Gasteiger partial charge in [0.2, 0.25) is 0 Å². The number of piperazine rings is 1. The summed E-state index contributed by atoms with van der Waals surface area (Å²) in [7, 11) is 0. The summed E-state index contributed by atoms with van der Waals surface area (Å²) >= 11 is 0. The van der Waals surface area contributed by atoms with Crippen LogP contribution < -0.4 is 5.32 Å². The zero-order valence-electron chi connectivity index (χ0n) is 12.2. The van der Waals surface area contributed by atoms with Gasteiger partial charge in [0.05, 0.1) is 0 Å². The lowest BCUT2D eigenvalue weighted by molar-refractivity contribution is 0.170. The molecule has 1 N–H and O–H groups in total. The van der Waals surface area contributed by atoms with Crippen molar-refractivity contribution in [1.29, 1.82) is 0 Å². The Morgan fingerprint density at radius 2 is 2.05 bits per heavy atom. The van der Waals surface area contributed by atoms with Crippen molar-refractivity contribution < 1.29 is 4.39 Å². The van der Waals surface area contributed by atoms with E-state index in [0.29, 0.717) is 6.04 Å². The van der Waals surface area contributed by atoms with Gasteiger partial charge in [-0.1, -0.05) is 6.07 Å². The van der Waals surface area contributed by atoms with Crippen molar-refractivity contribution in [3.05, 3.63) is 35.1 Å². The average Bonchev–Trinajstić information content (AvgIpc) is 2.92. The number of likely N-dealkylation sites (tertiary alicyclic amines) is 1. The number of rotatable bonds is 3. The summed E-state index contributed by atoms with van der Waals surface area (Å²) in [4.78, 5) is 5.07. The Morgan fingerprint density at radius 3 is 2.85 bits per heavy atom. The van der Waals surface area contributed by atoms with Gasteiger partial charge in [-0.3, -0.25) is 9.80 Å². The maximum Gasteiger partial charge on any atom is 0.123 e. The molecule has 3 nitrogen and oxygen atoms in total. The Kier molecular flexibility index (Phi) is 4.34. The molecule has 0 radical (unpaired) electrons. The molecule has 1 aromatic rings. The van der Waals surface area contributed by atoms with E-state index >= 15 is 0 Å². The van der Waals surface area contributed by atoms with Gasteiger partial charge in [-0.15, -0.1) is 0 Å². The molecule has 0 saturated carbocycles. The van der Waals surface area contributed by atoms with Gasteiger partial charge in [-0.05, 0) is 36.6 Å². The molecule has 1 unspecified atom stereocenters. The van der Waals surface area contributed by atoms with E-state index in [1.54, 1.807) is 12.1 Å². The predicted octanol–water partition coefficient (Wildman–Crippen LogP) is 1.61. The highest BCUT2D eigenvalue weighted by atomic mass is 19.1. The van der Waals surface area contributed by atoms with Crippen molar-refractivity contribution in [2.75, 3.05) is 39.3 Å². The van der Waals surface area contributed by atoms with Crippen LogP contribution in [0.1, 0.15) is 17.5 Å². The second-order valence-corrected chi connectivity index (χ2v) is 6.03. The van der Waals surface area contributed by atoms with E-state index in [1.165, 1.54) is 12.0 Å². The molecule has 0 aliphatic carbocycles. The molecular formula is C16H24FN3. The van der Waals surface area contributed by atoms with Crippen LogP contribution in [-0.4, -0.2) is 55.1 Å². The topological polar surface area (TPSA) is 18.5 Å². The molecule has 2 heterocycles. The maximum absolute atomic E-state index is 13.4. The van der Waals surface area contributed by atoms with E-state index in [9.17, 15) is 4.39 Å². The fourth-order valence-corrected chi connectivity index (χ4v) is 3.35. The molecule has 0 amide bonds. The van der Waals surface area contributed by atoms with E-state index in [-0.39, 0.29) is 5.82 Å². The minimum absolute atomic E-state index is 0.122. The van der Waals surface area contributed by atoms with Crippen LogP contribution in [0.4, 0.5) is 4.39 Å². The molecule has 2 aliphatic rings. The Labute approximate surface area is 120 Å². The highest BCUT2D eigenvalue weighted by Crippen LogP contribution is 2.20. The van der Waals surface area contributed by atoms with E-state index in [4.69, 9.17) is 0 Å². The predicted molar refractivity (Wildman–Crippen MR) is 79.3 cm³/mol. The lowest BCUT2D eigenvalue weighted by Gasteiger charge is -2.32. The van der Waals surface area contributed by atoms with Crippen LogP contribution in [-0.2, 0) is 6.54 Å². The summed E-state index contributed by atoms with van der Waals surface area (Å²) in [5.41, 5.74) is 2.32. The van der Waals surface area contributed by atoms with Crippen molar-refractivity contribution in [2.24, 2.45) is 0 Å². The van der Waals surface area contributed by atoms with Gasteiger partial charge < -0.3 is 5.32 Å². The Bertz CT molecular complexity index is 457. The number of nitrogens with one attached hydrogen (secondary N) is 1. The molecule has 110 valence electrons. The third-order valence-corrected chi connectivity index (χ3v) is 4.62. The first-order valence-corrected chi connectivity index (χ1v) is 7.64. The lowest BCUT2D eigenvalue weighted by atomic mass is 10.1. The van der Waals surface area contributed by atoms with Crippen molar-refractivity contribution in [1.82, 2.24) is 15.1 Å². The Morgan fingerprint density at radius 1 is 1.25 bits per heavy atom. The van der Waals surface area contributed by atoms with Gasteiger partial charge in [0.25, 0.3) is 0 Å². The fourth-order valence-electron chi connectivity index (χ4n) is 3.35. The van der Waals surface area contributed by atoms with Crippen LogP contribution in [0.3, 0.4) is 0 Å². The monoisotopic (exact) mass is 277 g/mol. The molecule has 1 aromatic carbocycles. The first-order chi connectivity index (χ1) is 9.72. The van der Waals surface area contributed by atoms with Crippen LogP contribution in [0.25, 0.3) is 0 Å². The zero-order valence-corrected chi connectivity index (χ0v) is 12.2. The molecule has 0 spiro atoms. The van der Waals surface area contributed by atoms with Gasteiger partial charge in [0.15, 0.2) is 0 Å². The van der Waals surface area contributed by atoms with Crippen LogP contribution in [0, 0.1) is 12.7 Å². The van der Waals surface area contributed by atoms with Gasteiger partial charge in [0.1, 0.15) is 5.82 Å². The fraction of sp³-hybridized carbons (Fsp3) is 0.625. The van der Waals surface area contributed by atoms with Gasteiger partial charge in [0, 0.05) is 51.9 Å². The van der Waals surface area contributed by atoms with Gasteiger partial charge in [-0.25, -0.2) is 4.39 Å². The minimum atomic E-state index is -0.122. The average molecular weight is 277 g/mol. The third kappa shape index (κ3) is 3.19. The Balaban J connectivity index is 1.58. The number of nitrogens with zero attached hydrogens (tertiary/aromatic N) is 2. The molecule has 0 aromatic heterocycles. The first-order valence-electron chi connectivity index (χ1n) is 7.64. The Hall–Kier alpha value is -0.970. The molecule has 4 heteroatoms. The lowest BCUT2D eigenvalue weighted by Crippen LogP contribution is -2.49. The van der Waals surface area contributed by atoms with E-state index in [1.807, 2.05) is 6.07 Å². The number of hydrogen-bond donors (Lipinski definition) is 1. The van der Waals surface area contributed by atoms with E-state index < -0.39 is 0 Å². The maximum atomic E-state index is 13.4. The molecule has 20 heavy (non-hydrogen) atoms. The standard InChI is InChI=1S/C16H24FN3/c1-13-2-3-15(17)10-14(13)11-19-7-4-16(12-19)20-8-5-18-6-9-20/h2-3,10,16,18H,4-9,11-12H2,1H3. The number of aryl methyl sites for hydroxylation is 1. The van der Waals surface area contributed by atoms with Gasteiger partial charge >= 0.3 is 0 Å². The molecular weight excluding hydrogens is 253 g/mol. The van der Waals surface area contributed by atoms with Crippen molar-refractivity contribution in [3.63, 3.8) is 0 Å². The summed E-state index contributed by atoms with van der Waals surface area (Å²) in [6.07, 6.45) is 1.24. The van der Waals surface area contributed by atoms with E-state index in [0.717, 1.165) is 51.4 Å². The van der Waals surface area contributed by atoms with Crippen LogP contribution >= 0.6 is 0 Å². The summed E-state index contributed by atoms with van der Waals surface area (Å²) in [5.74, 6) is -0.122. The van der Waals surface area contributed by atoms with E-state index in [2.05, 4.69) is 22.0 Å². The highest BCUT2D eigenvalue weighted by Gasteiger charge is 2.28. The quantitative estimate of drug-likeness (QED) is 0.905. The number of benzene rings is 1. The normalized spacial score (nSPS) is 25.2. The first kappa shape index (κ1) is 14.0. The molecule has 3 rings (SSSR count). The smallest absolute Gasteiger partial charge is 0.123 e. The largest absolute Gasteiger partial charge is 0.314 e. The molecule has 2 fully saturated rings. The summed E-state index contributed by atoms with van der Waals surface area (Å²) in [6, 6.07) is 5.81. The van der Waals surface area contributed by atoms with Crippen molar-refractivity contribution in [2.45, 2.75) is 25.9 Å². The molecule has 2 saturated heterocycles. The minimum Gasteiger partial charge on any atom is -0.314 e. The molecule has 2 aliphatic heterocycles. The number of hydrogen-bond acceptors (Lipinski definition) is 3. The number of halogens is 1. The van der Waals surface area contributed by atoms with Crippen LogP contribution in [0.2, 0.25) is 0 Å². The summed E-state index contributed by atoms with van der Waals surface area (Å²) in [5, 5.41) is 3.41. The summed E-state index contributed by atoms with van der Waals surface area (Å²) < 4.78 is 13.4. The van der Waals surface area contributed by atoms with Gasteiger partial charge in [-0.2, -0.15) is 0 Å². The van der Waals surface area contributed by atoms with Crippen LogP contribution in [0.15, 0.2) is 18.2 Å². The van der Waals surface area contributed by atoms with Crippen LogP contribution in [0.5, 0.6) is 0 Å². The second-order valence-electron chi connectivity index (χ2n) is 6.03. The van der Waals surface area contributed by atoms with Crippen molar-refractivity contribution >= 4 is 0 Å². The SMILES string of the molecule is Cc1ccc(F)cc1CN1CCC(N2CCNCC2)C1. The third-order valence-electron chi connectivity index (χ3n) is 4.62. The molecule has 1 atom stereocenters. The summed E-state index contributed by atoms with van der Waals surface area (Å²) in [6.45, 7) is 9.75. The highest BCUT2D eigenvalue weighted by molar-refractivity contribution is 5.26.